The number of ether oxygens (including phenoxy) is 1. The monoisotopic (exact) mass is 515 g/mol. The lowest BCUT2D eigenvalue weighted by atomic mass is 10.0. The van der Waals surface area contributed by atoms with Gasteiger partial charge in [0.1, 0.15) is 17.1 Å². The number of pyridine rings is 1. The quantitative estimate of drug-likeness (QED) is 0.532. The van der Waals surface area contributed by atoms with Crippen LogP contribution in [0, 0.1) is 6.92 Å². The molecule has 0 aliphatic carbocycles. The fourth-order valence-corrected chi connectivity index (χ4v) is 5.08. The molecule has 1 atom stereocenters. The van der Waals surface area contributed by atoms with Gasteiger partial charge in [0.25, 0.3) is 0 Å². The number of anilines is 3. The predicted molar refractivity (Wildman–Crippen MR) is 135 cm³/mol. The van der Waals surface area contributed by atoms with Crippen LogP contribution in [0.25, 0.3) is 17.0 Å². The smallest absolute Gasteiger partial charge is 0.384 e. The largest absolute Gasteiger partial charge is 0.417 e. The lowest BCUT2D eigenvalue weighted by molar-refractivity contribution is -0.137. The van der Waals surface area contributed by atoms with E-state index in [1.54, 1.807) is 6.92 Å². The average Bonchev–Trinajstić information content (AvgIpc) is 3.26. The summed E-state index contributed by atoms with van der Waals surface area (Å²) >= 11 is 1.40. The van der Waals surface area contributed by atoms with Gasteiger partial charge in [-0.25, -0.2) is 9.97 Å². The molecule has 0 spiro atoms. The van der Waals surface area contributed by atoms with Gasteiger partial charge in [0.05, 0.1) is 30.2 Å². The normalized spacial score (nSPS) is 18.5. The van der Waals surface area contributed by atoms with Crippen LogP contribution in [0.2, 0.25) is 0 Å². The maximum atomic E-state index is 14.1. The van der Waals surface area contributed by atoms with Gasteiger partial charge in [-0.3, -0.25) is 4.90 Å². The van der Waals surface area contributed by atoms with Crippen LogP contribution in [0.3, 0.4) is 0 Å². The van der Waals surface area contributed by atoms with E-state index in [-0.39, 0.29) is 17.1 Å². The number of aromatic nitrogens is 3. The van der Waals surface area contributed by atoms with E-state index < -0.39 is 17.2 Å². The van der Waals surface area contributed by atoms with Crippen molar-refractivity contribution in [2.24, 2.45) is 5.73 Å². The van der Waals surface area contributed by atoms with Gasteiger partial charge in [-0.15, -0.1) is 0 Å². The molecule has 0 amide bonds. The highest BCUT2D eigenvalue weighted by molar-refractivity contribution is 8.03. The second-order valence-electron chi connectivity index (χ2n) is 8.34. The molecule has 0 bridgehead atoms. The molecule has 4 N–H and O–H groups in total. The summed E-state index contributed by atoms with van der Waals surface area (Å²) in [6.45, 7) is 3.65. The first kappa shape index (κ1) is 24.3. The molecule has 0 radical (unpaired) electrons. The van der Waals surface area contributed by atoms with Gasteiger partial charge in [-0.2, -0.15) is 18.2 Å². The molecule has 36 heavy (non-hydrogen) atoms. The summed E-state index contributed by atoms with van der Waals surface area (Å²) in [5.41, 5.74) is 12.8. The van der Waals surface area contributed by atoms with Crippen LogP contribution in [-0.2, 0) is 10.9 Å². The molecule has 3 aromatic rings. The molecule has 12 heteroatoms. The van der Waals surface area contributed by atoms with Crippen LogP contribution in [0.1, 0.15) is 16.7 Å². The van der Waals surface area contributed by atoms with Crippen LogP contribution in [-0.4, -0.2) is 46.8 Å². The molecule has 0 saturated carbocycles. The molecule has 4 heterocycles. The van der Waals surface area contributed by atoms with Crippen molar-refractivity contribution in [3.63, 3.8) is 0 Å². The standard InChI is InChI=1S/C24H24F3N7OS/c1-14-20(16-12-30-19(28)11-17(16)24(25,26)27)31-23(33-7-9-35-10-8-33)32-21(14)34-18(13-36-22(34)29)15-5-3-2-4-6-15/h2-6,11-13,22H,7-10,29H2,1H3,(H2,28,30). The van der Waals surface area contributed by atoms with Crippen molar-refractivity contribution >= 4 is 35.0 Å². The van der Waals surface area contributed by atoms with E-state index in [9.17, 15) is 13.2 Å². The summed E-state index contributed by atoms with van der Waals surface area (Å²) in [6, 6.07) is 10.5. The Morgan fingerprint density at radius 2 is 1.83 bits per heavy atom. The number of thioether (sulfide) groups is 1. The zero-order valence-electron chi connectivity index (χ0n) is 19.4. The van der Waals surface area contributed by atoms with Gasteiger partial charge in [-0.05, 0) is 24.0 Å². The third-order valence-corrected chi connectivity index (χ3v) is 6.87. The summed E-state index contributed by atoms with van der Waals surface area (Å²) in [4.78, 5) is 17.1. The Bertz CT molecular complexity index is 1300. The van der Waals surface area contributed by atoms with E-state index in [0.717, 1.165) is 23.5 Å². The van der Waals surface area contributed by atoms with Crippen LogP contribution in [0.4, 0.5) is 30.8 Å². The molecule has 8 nitrogen and oxygen atoms in total. The van der Waals surface area contributed by atoms with E-state index in [2.05, 4.69) is 9.97 Å². The van der Waals surface area contributed by atoms with Crippen molar-refractivity contribution in [2.75, 3.05) is 41.8 Å². The number of hydrogen-bond donors (Lipinski definition) is 2. The van der Waals surface area contributed by atoms with E-state index in [1.807, 2.05) is 45.5 Å². The molecule has 188 valence electrons. The summed E-state index contributed by atoms with van der Waals surface area (Å²) in [6.07, 6.45) is -3.54. The molecule has 5 rings (SSSR count). The average molecular weight is 516 g/mol. The highest BCUT2D eigenvalue weighted by atomic mass is 32.2. The highest BCUT2D eigenvalue weighted by Crippen LogP contribution is 2.43. The SMILES string of the molecule is Cc1c(-c2cnc(N)cc2C(F)(F)F)nc(N2CCOCC2)nc1N1C(c2ccccc2)=CSC1N. The van der Waals surface area contributed by atoms with Crippen LogP contribution < -0.4 is 21.3 Å². The van der Waals surface area contributed by atoms with Gasteiger partial charge in [0.2, 0.25) is 5.95 Å². The van der Waals surface area contributed by atoms with E-state index >= 15 is 0 Å². The number of alkyl halides is 3. The predicted octanol–water partition coefficient (Wildman–Crippen LogP) is 4.08. The Hall–Kier alpha value is -3.35. The minimum atomic E-state index is -4.65. The maximum Gasteiger partial charge on any atom is 0.417 e. The van der Waals surface area contributed by atoms with E-state index in [4.69, 9.17) is 21.2 Å². The fourth-order valence-electron chi connectivity index (χ4n) is 4.23. The van der Waals surface area contributed by atoms with Crippen molar-refractivity contribution in [1.82, 2.24) is 15.0 Å². The fraction of sp³-hybridized carbons (Fsp3) is 0.292. The van der Waals surface area contributed by atoms with E-state index in [0.29, 0.717) is 43.6 Å². The van der Waals surface area contributed by atoms with Gasteiger partial charge in [-0.1, -0.05) is 42.1 Å². The number of hydrogen-bond acceptors (Lipinski definition) is 9. The number of nitrogens with two attached hydrogens (primary N) is 2. The molecule has 2 aliphatic heterocycles. The Morgan fingerprint density at radius 3 is 2.53 bits per heavy atom. The molecule has 1 unspecified atom stereocenters. The van der Waals surface area contributed by atoms with Gasteiger partial charge >= 0.3 is 6.18 Å². The number of nitrogens with zero attached hydrogens (tertiary/aromatic N) is 5. The molecule has 1 fully saturated rings. The lowest BCUT2D eigenvalue weighted by Crippen LogP contribution is -2.39. The zero-order chi connectivity index (χ0) is 25.4. The Balaban J connectivity index is 1.72. The number of halogens is 3. The number of nitrogen functional groups attached to an aromatic ring is 1. The minimum absolute atomic E-state index is 0.123. The molecule has 1 aromatic carbocycles. The van der Waals surface area contributed by atoms with Crippen molar-refractivity contribution in [3.05, 3.63) is 64.7 Å². The molecule has 1 saturated heterocycles. The number of benzene rings is 1. The Labute approximate surface area is 210 Å². The molecular weight excluding hydrogens is 491 g/mol. The second kappa shape index (κ2) is 9.60. The summed E-state index contributed by atoms with van der Waals surface area (Å²) in [7, 11) is 0. The first-order valence-corrected chi connectivity index (χ1v) is 12.2. The molecular formula is C24H24F3N7OS. The summed E-state index contributed by atoms with van der Waals surface area (Å²) in [5, 5.41) is 1.93. The van der Waals surface area contributed by atoms with Gasteiger partial charge < -0.3 is 21.1 Å². The number of morpholine rings is 1. The Kier molecular flexibility index (Phi) is 6.49. The van der Waals surface area contributed by atoms with Crippen LogP contribution in [0.5, 0.6) is 0 Å². The second-order valence-corrected chi connectivity index (χ2v) is 9.33. The van der Waals surface area contributed by atoms with Crippen LogP contribution in [0.15, 0.2) is 48.0 Å². The third kappa shape index (κ3) is 4.59. The number of rotatable bonds is 4. The van der Waals surface area contributed by atoms with Crippen molar-refractivity contribution in [1.29, 1.82) is 0 Å². The lowest BCUT2D eigenvalue weighted by Gasteiger charge is -2.31. The topological polar surface area (TPSA) is 106 Å². The van der Waals surface area contributed by atoms with E-state index in [1.165, 1.54) is 11.8 Å². The minimum Gasteiger partial charge on any atom is -0.384 e. The summed E-state index contributed by atoms with van der Waals surface area (Å²) < 4.78 is 47.6. The third-order valence-electron chi connectivity index (χ3n) is 6.02. The van der Waals surface area contributed by atoms with Crippen molar-refractivity contribution in [2.45, 2.75) is 18.6 Å². The first-order valence-electron chi connectivity index (χ1n) is 11.2. The first-order chi connectivity index (χ1) is 17.2. The maximum absolute atomic E-state index is 14.1. The molecule has 2 aromatic heterocycles. The van der Waals surface area contributed by atoms with Crippen LogP contribution >= 0.6 is 11.8 Å². The zero-order valence-corrected chi connectivity index (χ0v) is 20.2. The van der Waals surface area contributed by atoms with Gasteiger partial charge in [0, 0.05) is 30.4 Å². The summed E-state index contributed by atoms with van der Waals surface area (Å²) in [5.74, 6) is 0.507. The van der Waals surface area contributed by atoms with Gasteiger partial charge in [0.15, 0.2) is 0 Å². The highest BCUT2D eigenvalue weighted by Gasteiger charge is 2.37. The molecule has 2 aliphatic rings. The van der Waals surface area contributed by atoms with Crippen molar-refractivity contribution in [3.8, 4) is 11.3 Å². The van der Waals surface area contributed by atoms with Crippen molar-refractivity contribution < 1.29 is 17.9 Å². The Morgan fingerprint density at radius 1 is 1.11 bits per heavy atom.